The molecular formula is C18H31N3O. The van der Waals surface area contributed by atoms with Crippen molar-refractivity contribution in [3.05, 3.63) is 29.8 Å². The van der Waals surface area contributed by atoms with Crippen molar-refractivity contribution in [1.82, 2.24) is 16.2 Å². The summed E-state index contributed by atoms with van der Waals surface area (Å²) in [6.07, 6.45) is 1.10. The van der Waals surface area contributed by atoms with E-state index in [1.807, 2.05) is 0 Å². The van der Waals surface area contributed by atoms with Gasteiger partial charge in [0, 0.05) is 12.6 Å². The molecule has 1 aliphatic heterocycles. The van der Waals surface area contributed by atoms with Gasteiger partial charge in [-0.1, -0.05) is 39.8 Å². The van der Waals surface area contributed by atoms with Gasteiger partial charge in [-0.25, -0.2) is 5.43 Å². The van der Waals surface area contributed by atoms with E-state index in [0.29, 0.717) is 23.9 Å². The summed E-state index contributed by atoms with van der Waals surface area (Å²) in [6.45, 7) is 11.7. The smallest absolute Gasteiger partial charge is 0.119 e. The maximum absolute atomic E-state index is 5.79. The van der Waals surface area contributed by atoms with Crippen molar-refractivity contribution < 1.29 is 4.74 Å². The van der Waals surface area contributed by atoms with Gasteiger partial charge in [-0.2, -0.15) is 0 Å². The molecule has 124 valence electrons. The van der Waals surface area contributed by atoms with Crippen LogP contribution in [0.1, 0.15) is 45.7 Å². The van der Waals surface area contributed by atoms with Crippen LogP contribution in [0.4, 0.5) is 0 Å². The molecule has 0 amide bonds. The number of nitrogens with one attached hydrogen (secondary N) is 3. The average molecular weight is 305 g/mol. The third-order valence-corrected chi connectivity index (χ3v) is 4.40. The van der Waals surface area contributed by atoms with Crippen molar-refractivity contribution in [3.63, 3.8) is 0 Å². The number of ether oxygens (including phenoxy) is 1. The first kappa shape index (κ1) is 17.3. The van der Waals surface area contributed by atoms with Crippen LogP contribution in [0.5, 0.6) is 5.75 Å². The van der Waals surface area contributed by atoms with E-state index in [2.05, 4.69) is 68.1 Å². The van der Waals surface area contributed by atoms with E-state index in [-0.39, 0.29) is 0 Å². The van der Waals surface area contributed by atoms with Crippen molar-refractivity contribution >= 4 is 0 Å². The molecule has 1 aliphatic rings. The van der Waals surface area contributed by atoms with Gasteiger partial charge in [0.2, 0.25) is 0 Å². The lowest BCUT2D eigenvalue weighted by Gasteiger charge is -2.19. The van der Waals surface area contributed by atoms with Crippen LogP contribution in [0, 0.1) is 11.8 Å². The Morgan fingerprint density at radius 3 is 2.55 bits per heavy atom. The van der Waals surface area contributed by atoms with Gasteiger partial charge < -0.3 is 10.1 Å². The van der Waals surface area contributed by atoms with E-state index < -0.39 is 0 Å². The Balaban J connectivity index is 1.88. The molecule has 0 aromatic heterocycles. The van der Waals surface area contributed by atoms with Crippen LogP contribution >= 0.6 is 0 Å². The molecule has 4 nitrogen and oxygen atoms in total. The van der Waals surface area contributed by atoms with Gasteiger partial charge in [-0.15, -0.1) is 0 Å². The molecule has 3 N–H and O–H groups in total. The zero-order valence-electron chi connectivity index (χ0n) is 14.4. The van der Waals surface area contributed by atoms with Crippen LogP contribution in [0.3, 0.4) is 0 Å². The fourth-order valence-electron chi connectivity index (χ4n) is 2.80. The number of hydrazine groups is 1. The minimum Gasteiger partial charge on any atom is -0.494 e. The number of hydrogen-bond acceptors (Lipinski definition) is 4. The Morgan fingerprint density at radius 2 is 1.91 bits per heavy atom. The molecule has 1 aromatic rings. The molecule has 1 heterocycles. The summed E-state index contributed by atoms with van der Waals surface area (Å²) in [5.74, 6) is 2.20. The number of rotatable bonds is 8. The lowest BCUT2D eigenvalue weighted by molar-refractivity contribution is 0.289. The largest absolute Gasteiger partial charge is 0.494 e. The molecule has 0 spiro atoms. The lowest BCUT2D eigenvalue weighted by Crippen LogP contribution is -2.39. The molecule has 0 aliphatic carbocycles. The normalized spacial score (nSPS) is 24.9. The Bertz CT molecular complexity index is 432. The zero-order valence-corrected chi connectivity index (χ0v) is 14.4. The molecule has 3 unspecified atom stereocenters. The van der Waals surface area contributed by atoms with Gasteiger partial charge >= 0.3 is 0 Å². The van der Waals surface area contributed by atoms with Gasteiger partial charge in [0.1, 0.15) is 5.75 Å². The molecule has 1 saturated heterocycles. The minimum atomic E-state index is 0.355. The molecule has 0 bridgehead atoms. The Morgan fingerprint density at radius 1 is 1.18 bits per heavy atom. The van der Waals surface area contributed by atoms with Crippen LogP contribution in [-0.2, 0) is 0 Å². The Kier molecular flexibility index (Phi) is 6.68. The first-order valence-corrected chi connectivity index (χ1v) is 8.56. The van der Waals surface area contributed by atoms with E-state index in [1.54, 1.807) is 0 Å². The van der Waals surface area contributed by atoms with Gasteiger partial charge in [0.05, 0.1) is 12.6 Å². The topological polar surface area (TPSA) is 45.3 Å². The Hall–Kier alpha value is -1.10. The molecule has 0 saturated carbocycles. The van der Waals surface area contributed by atoms with Crippen LogP contribution in [-0.4, -0.2) is 25.7 Å². The summed E-state index contributed by atoms with van der Waals surface area (Å²) >= 11 is 0. The van der Waals surface area contributed by atoms with Crippen LogP contribution in [0.15, 0.2) is 24.3 Å². The molecule has 3 atom stereocenters. The molecule has 1 fully saturated rings. The summed E-state index contributed by atoms with van der Waals surface area (Å²) in [6, 6.07) is 9.34. The lowest BCUT2D eigenvalue weighted by atomic mass is 9.91. The second-order valence-corrected chi connectivity index (χ2v) is 6.64. The summed E-state index contributed by atoms with van der Waals surface area (Å²) in [5, 5.41) is 3.41. The van der Waals surface area contributed by atoms with E-state index in [9.17, 15) is 0 Å². The van der Waals surface area contributed by atoms with Crippen molar-refractivity contribution in [1.29, 1.82) is 0 Å². The van der Waals surface area contributed by atoms with Crippen LogP contribution < -0.4 is 20.9 Å². The monoisotopic (exact) mass is 305 g/mol. The molecule has 22 heavy (non-hydrogen) atoms. The highest BCUT2D eigenvalue weighted by molar-refractivity contribution is 5.30. The maximum Gasteiger partial charge on any atom is 0.119 e. The van der Waals surface area contributed by atoms with Crippen molar-refractivity contribution in [2.75, 3.05) is 19.7 Å². The van der Waals surface area contributed by atoms with E-state index in [1.165, 1.54) is 5.56 Å². The summed E-state index contributed by atoms with van der Waals surface area (Å²) in [4.78, 5) is 0. The van der Waals surface area contributed by atoms with Crippen molar-refractivity contribution in [2.24, 2.45) is 11.8 Å². The second kappa shape index (κ2) is 8.51. The number of hydrogen-bond donors (Lipinski definition) is 3. The first-order valence-electron chi connectivity index (χ1n) is 8.56. The predicted molar refractivity (Wildman–Crippen MR) is 91.9 cm³/mol. The van der Waals surface area contributed by atoms with Crippen LogP contribution in [0.25, 0.3) is 0 Å². The standard InChI is InChI=1S/C18H31N3O/c1-5-19-12-17-14(4)18(21-20-17)15-6-8-16(9-7-15)22-11-10-13(2)3/h6-9,13-14,17-21H,5,10-12H2,1-4H3. The number of likely N-dealkylation sites (N-methyl/N-ethyl adjacent to an activating group) is 1. The highest BCUT2D eigenvalue weighted by Gasteiger charge is 2.32. The molecule has 4 heteroatoms. The quantitative estimate of drug-likeness (QED) is 0.691. The fraction of sp³-hybridized carbons (Fsp3) is 0.667. The second-order valence-electron chi connectivity index (χ2n) is 6.64. The van der Waals surface area contributed by atoms with Crippen LogP contribution in [0.2, 0.25) is 0 Å². The van der Waals surface area contributed by atoms with Gasteiger partial charge in [-0.05, 0) is 42.5 Å². The molecule has 1 aromatic carbocycles. The van der Waals surface area contributed by atoms with Crippen molar-refractivity contribution in [2.45, 2.75) is 46.2 Å². The van der Waals surface area contributed by atoms with Gasteiger partial charge in [0.25, 0.3) is 0 Å². The first-order chi connectivity index (χ1) is 10.6. The highest BCUT2D eigenvalue weighted by Crippen LogP contribution is 2.29. The minimum absolute atomic E-state index is 0.355. The van der Waals surface area contributed by atoms with E-state index >= 15 is 0 Å². The predicted octanol–water partition coefficient (Wildman–Crippen LogP) is 2.87. The maximum atomic E-state index is 5.79. The van der Waals surface area contributed by atoms with E-state index in [0.717, 1.165) is 31.9 Å². The highest BCUT2D eigenvalue weighted by atomic mass is 16.5. The van der Waals surface area contributed by atoms with Gasteiger partial charge in [0.15, 0.2) is 0 Å². The summed E-state index contributed by atoms with van der Waals surface area (Å²) in [7, 11) is 0. The fourth-order valence-corrected chi connectivity index (χ4v) is 2.80. The molecular weight excluding hydrogens is 274 g/mol. The summed E-state index contributed by atoms with van der Waals surface area (Å²) < 4.78 is 5.79. The molecule has 0 radical (unpaired) electrons. The third-order valence-electron chi connectivity index (χ3n) is 4.40. The van der Waals surface area contributed by atoms with E-state index in [4.69, 9.17) is 4.74 Å². The Labute approximate surface area is 135 Å². The van der Waals surface area contributed by atoms with Gasteiger partial charge in [-0.3, -0.25) is 5.43 Å². The van der Waals surface area contributed by atoms with Crippen molar-refractivity contribution in [3.8, 4) is 5.75 Å². The SMILES string of the molecule is CCNCC1NNC(c2ccc(OCCC(C)C)cc2)C1C. The average Bonchev–Trinajstić information content (AvgIpc) is 2.86. The zero-order chi connectivity index (χ0) is 15.9. The third kappa shape index (κ3) is 4.70. The molecule has 2 rings (SSSR count). The number of benzene rings is 1. The summed E-state index contributed by atoms with van der Waals surface area (Å²) in [5.41, 5.74) is 8.15.